The van der Waals surface area contributed by atoms with E-state index >= 15 is 0 Å². The van der Waals surface area contributed by atoms with Crippen LogP contribution in [0.3, 0.4) is 0 Å². The topological polar surface area (TPSA) is 102 Å². The minimum atomic E-state index is -3.66. The lowest BCUT2D eigenvalue weighted by Gasteiger charge is -2.13. The Kier molecular flexibility index (Phi) is 5.74. The van der Waals surface area contributed by atoms with E-state index in [1.165, 1.54) is 7.11 Å². The molecule has 0 saturated carbocycles. The van der Waals surface area contributed by atoms with Crippen molar-refractivity contribution in [3.05, 3.63) is 23.8 Å². The zero-order valence-electron chi connectivity index (χ0n) is 11.1. The molecular weight excluding hydrogens is 268 g/mol. The van der Waals surface area contributed by atoms with Gasteiger partial charge in [-0.2, -0.15) is 0 Å². The van der Waals surface area contributed by atoms with E-state index in [0.717, 1.165) is 0 Å². The highest BCUT2D eigenvalue weighted by Gasteiger charge is 2.19. The predicted octanol–water partition coefficient (Wildman–Crippen LogP) is 0.253. The second kappa shape index (κ2) is 6.85. The summed E-state index contributed by atoms with van der Waals surface area (Å²) in [6.07, 6.45) is -0.416. The Bertz CT molecular complexity index is 496. The molecule has 6 nitrogen and oxygen atoms in total. The third-order valence-corrected chi connectivity index (χ3v) is 4.32. The number of nitrogens with two attached hydrogens (primary N) is 1. The van der Waals surface area contributed by atoms with E-state index < -0.39 is 16.1 Å². The fraction of sp³-hybridized carbons (Fsp3) is 0.500. The maximum Gasteiger partial charge on any atom is 0.242 e. The molecular formula is C12H20N2O4S. The summed E-state index contributed by atoms with van der Waals surface area (Å²) < 4.78 is 31.4. The van der Waals surface area contributed by atoms with Gasteiger partial charge in [0.2, 0.25) is 10.0 Å². The van der Waals surface area contributed by atoms with Crippen molar-refractivity contribution in [2.45, 2.75) is 24.3 Å². The second-order valence-electron chi connectivity index (χ2n) is 4.29. The third-order valence-electron chi connectivity index (χ3n) is 2.64. The summed E-state index contributed by atoms with van der Waals surface area (Å²) in [7, 11) is -2.19. The fourth-order valence-corrected chi connectivity index (χ4v) is 3.15. The van der Waals surface area contributed by atoms with Crippen molar-refractivity contribution in [1.82, 2.24) is 4.72 Å². The Morgan fingerprint density at radius 2 is 2.16 bits per heavy atom. The average Bonchev–Trinajstić information content (AvgIpc) is 2.28. The number of methoxy groups -OCH3 is 1. The van der Waals surface area contributed by atoms with Crippen molar-refractivity contribution in [2.24, 2.45) is 0 Å². The molecule has 0 aliphatic heterocycles. The number of anilines is 1. The van der Waals surface area contributed by atoms with Crippen LogP contribution in [0.25, 0.3) is 0 Å². The molecule has 4 N–H and O–H groups in total. The largest absolute Gasteiger partial charge is 0.398 e. The summed E-state index contributed by atoms with van der Waals surface area (Å²) in [6.45, 7) is 1.99. The number of hydrogen-bond donors (Lipinski definition) is 3. The predicted molar refractivity (Wildman–Crippen MR) is 73.3 cm³/mol. The average molecular weight is 288 g/mol. The quantitative estimate of drug-likeness (QED) is 0.624. The number of nitrogens with one attached hydrogen (secondary N) is 1. The molecule has 0 saturated heterocycles. The molecule has 1 rings (SSSR count). The van der Waals surface area contributed by atoms with Gasteiger partial charge < -0.3 is 15.6 Å². The monoisotopic (exact) mass is 288 g/mol. The third kappa shape index (κ3) is 4.46. The molecule has 0 aliphatic carbocycles. The van der Waals surface area contributed by atoms with E-state index in [4.69, 9.17) is 10.5 Å². The van der Waals surface area contributed by atoms with Crippen LogP contribution in [0.4, 0.5) is 5.69 Å². The van der Waals surface area contributed by atoms with Crippen molar-refractivity contribution in [3.63, 3.8) is 0 Å². The van der Waals surface area contributed by atoms with E-state index in [1.807, 2.05) is 0 Å². The van der Waals surface area contributed by atoms with Crippen molar-refractivity contribution in [3.8, 4) is 0 Å². The lowest BCUT2D eigenvalue weighted by molar-refractivity contribution is 0.0603. The van der Waals surface area contributed by atoms with Crippen molar-refractivity contribution < 1.29 is 18.3 Å². The van der Waals surface area contributed by atoms with Crippen molar-refractivity contribution in [2.75, 3.05) is 26.0 Å². The molecule has 1 atom stereocenters. The Balaban J connectivity index is 2.72. The van der Waals surface area contributed by atoms with Gasteiger partial charge in [0.15, 0.2) is 0 Å². The van der Waals surface area contributed by atoms with Crippen LogP contribution in [0.1, 0.15) is 12.0 Å². The van der Waals surface area contributed by atoms with Gasteiger partial charge in [-0.3, -0.25) is 0 Å². The van der Waals surface area contributed by atoms with Crippen molar-refractivity contribution in [1.29, 1.82) is 0 Å². The molecule has 19 heavy (non-hydrogen) atoms. The molecule has 0 aromatic heterocycles. The number of hydrogen-bond acceptors (Lipinski definition) is 5. The van der Waals surface area contributed by atoms with Gasteiger partial charge in [-0.1, -0.05) is 12.1 Å². The molecule has 1 aromatic rings. The molecule has 0 bridgehead atoms. The summed E-state index contributed by atoms with van der Waals surface area (Å²) >= 11 is 0. The number of benzene rings is 1. The first kappa shape index (κ1) is 15.9. The molecule has 1 aromatic carbocycles. The standard InChI is InChI=1S/C12H20N2O4S/c1-9-4-3-5-11(13)12(9)19(16,17)14-7-6-10(15)8-18-2/h3-5,10,14-15H,6-8,13H2,1-2H3. The summed E-state index contributed by atoms with van der Waals surface area (Å²) in [6, 6.07) is 4.93. The van der Waals surface area contributed by atoms with Crippen LogP contribution in [-0.4, -0.2) is 39.9 Å². The SMILES string of the molecule is COCC(O)CCNS(=O)(=O)c1c(C)cccc1N. The first-order valence-electron chi connectivity index (χ1n) is 5.90. The smallest absolute Gasteiger partial charge is 0.242 e. The van der Waals surface area contributed by atoms with Gasteiger partial charge in [0.05, 0.1) is 18.4 Å². The number of nitrogen functional groups attached to an aromatic ring is 1. The molecule has 0 radical (unpaired) electrons. The van der Waals surface area contributed by atoms with Crippen LogP contribution < -0.4 is 10.5 Å². The van der Waals surface area contributed by atoms with Crippen molar-refractivity contribution >= 4 is 15.7 Å². The van der Waals surface area contributed by atoms with E-state index in [9.17, 15) is 13.5 Å². The number of aryl methyl sites for hydroxylation is 1. The van der Waals surface area contributed by atoms with Crippen LogP contribution in [0.5, 0.6) is 0 Å². The van der Waals surface area contributed by atoms with Gasteiger partial charge in [-0.15, -0.1) is 0 Å². The van der Waals surface area contributed by atoms with Gasteiger partial charge in [0.25, 0.3) is 0 Å². The highest BCUT2D eigenvalue weighted by Crippen LogP contribution is 2.21. The summed E-state index contributed by atoms with van der Waals surface area (Å²) in [4.78, 5) is 0.0937. The number of ether oxygens (including phenoxy) is 1. The van der Waals surface area contributed by atoms with Gasteiger partial charge in [-0.05, 0) is 25.0 Å². The second-order valence-corrected chi connectivity index (χ2v) is 5.99. The Hall–Kier alpha value is -1.15. The number of aliphatic hydroxyl groups excluding tert-OH is 1. The van der Waals surface area contributed by atoms with Crippen LogP contribution in [0.15, 0.2) is 23.1 Å². The molecule has 0 spiro atoms. The minimum absolute atomic E-state index is 0.0937. The Morgan fingerprint density at radius 3 is 2.74 bits per heavy atom. The fourth-order valence-electron chi connectivity index (χ4n) is 1.75. The van der Waals surface area contributed by atoms with Crippen LogP contribution in [-0.2, 0) is 14.8 Å². The summed E-state index contributed by atoms with van der Waals surface area (Å²) in [5, 5.41) is 9.44. The lowest BCUT2D eigenvalue weighted by atomic mass is 10.2. The van der Waals surface area contributed by atoms with E-state index in [0.29, 0.717) is 5.56 Å². The van der Waals surface area contributed by atoms with Crippen LogP contribution >= 0.6 is 0 Å². The highest BCUT2D eigenvalue weighted by molar-refractivity contribution is 7.89. The van der Waals surface area contributed by atoms with Gasteiger partial charge in [0, 0.05) is 13.7 Å². The summed E-state index contributed by atoms with van der Waals surface area (Å²) in [5.74, 6) is 0. The molecule has 7 heteroatoms. The highest BCUT2D eigenvalue weighted by atomic mass is 32.2. The number of rotatable bonds is 7. The molecule has 108 valence electrons. The minimum Gasteiger partial charge on any atom is -0.398 e. The van der Waals surface area contributed by atoms with Gasteiger partial charge in [0.1, 0.15) is 4.90 Å². The van der Waals surface area contributed by atoms with Crippen LogP contribution in [0.2, 0.25) is 0 Å². The lowest BCUT2D eigenvalue weighted by Crippen LogP contribution is -2.29. The zero-order valence-corrected chi connectivity index (χ0v) is 11.9. The normalized spacial score (nSPS) is 13.4. The Morgan fingerprint density at radius 1 is 1.47 bits per heavy atom. The first-order valence-corrected chi connectivity index (χ1v) is 7.38. The van der Waals surface area contributed by atoms with E-state index in [2.05, 4.69) is 4.72 Å². The molecule has 0 fully saturated rings. The maximum absolute atomic E-state index is 12.1. The summed E-state index contributed by atoms with van der Waals surface area (Å²) in [5.41, 5.74) is 6.50. The van der Waals surface area contributed by atoms with E-state index in [-0.39, 0.29) is 30.2 Å². The molecule has 1 unspecified atom stereocenters. The zero-order chi connectivity index (χ0) is 14.5. The number of aliphatic hydroxyl groups is 1. The van der Waals surface area contributed by atoms with Gasteiger partial charge >= 0.3 is 0 Å². The van der Waals surface area contributed by atoms with Crippen LogP contribution in [0, 0.1) is 6.92 Å². The Labute approximate surface area is 113 Å². The maximum atomic E-state index is 12.1. The first-order chi connectivity index (χ1) is 8.88. The molecule has 0 aliphatic rings. The molecule has 0 amide bonds. The molecule has 0 heterocycles. The number of sulfonamides is 1. The van der Waals surface area contributed by atoms with E-state index in [1.54, 1.807) is 25.1 Å². The van der Waals surface area contributed by atoms with Gasteiger partial charge in [-0.25, -0.2) is 13.1 Å².